The number of hydrogen-bond acceptors (Lipinski definition) is 4. The third-order valence-electron chi connectivity index (χ3n) is 2.91. The summed E-state index contributed by atoms with van der Waals surface area (Å²) in [6.45, 7) is 0.932. The number of ether oxygens (including phenoxy) is 3. The number of carbonyl (C=O) groups excluding carboxylic acids is 1. The quantitative estimate of drug-likeness (QED) is 0.525. The minimum atomic E-state index is -0.354. The molecule has 2 aromatic rings. The molecule has 2 aromatic carbocycles. The van der Waals surface area contributed by atoms with E-state index in [-0.39, 0.29) is 12.6 Å². The number of benzene rings is 2. The van der Waals surface area contributed by atoms with E-state index in [2.05, 4.69) is 0 Å². The van der Waals surface area contributed by atoms with E-state index in [9.17, 15) is 4.79 Å². The second-order valence-electron chi connectivity index (χ2n) is 4.69. The molecule has 0 heterocycles. The van der Waals surface area contributed by atoms with Crippen LogP contribution in [0, 0.1) is 0 Å². The number of esters is 1. The van der Waals surface area contributed by atoms with E-state index in [1.807, 2.05) is 48.5 Å². The predicted molar refractivity (Wildman–Crippen MR) is 84.1 cm³/mol. The number of unbranched alkanes of at least 4 members (excludes halogenated alkanes) is 1. The zero-order chi connectivity index (χ0) is 15.5. The van der Waals surface area contributed by atoms with E-state index in [0.717, 1.165) is 18.6 Å². The van der Waals surface area contributed by atoms with Crippen molar-refractivity contribution in [2.45, 2.75) is 12.8 Å². The molecular formula is C18H20O4. The molecule has 4 heteroatoms. The summed E-state index contributed by atoms with van der Waals surface area (Å²) in [6, 6.07) is 18.9. The van der Waals surface area contributed by atoms with E-state index >= 15 is 0 Å². The van der Waals surface area contributed by atoms with E-state index in [1.54, 1.807) is 12.1 Å². The Balaban J connectivity index is 1.49. The zero-order valence-corrected chi connectivity index (χ0v) is 12.4. The topological polar surface area (TPSA) is 44.8 Å². The molecule has 0 amide bonds. The van der Waals surface area contributed by atoms with E-state index in [1.165, 1.54) is 0 Å². The first kappa shape index (κ1) is 15.9. The summed E-state index contributed by atoms with van der Waals surface area (Å²) in [4.78, 5) is 11.5. The van der Waals surface area contributed by atoms with Gasteiger partial charge in [0.15, 0.2) is 6.61 Å². The number of para-hydroxylation sites is 2. The first-order chi connectivity index (χ1) is 10.8. The Morgan fingerprint density at radius 2 is 1.27 bits per heavy atom. The Morgan fingerprint density at radius 3 is 1.91 bits per heavy atom. The maximum atomic E-state index is 11.5. The van der Waals surface area contributed by atoms with Crippen molar-refractivity contribution in [2.75, 3.05) is 19.8 Å². The molecule has 0 saturated heterocycles. The highest BCUT2D eigenvalue weighted by atomic mass is 16.6. The molecule has 0 N–H and O–H groups in total. The van der Waals surface area contributed by atoms with Crippen molar-refractivity contribution >= 4 is 5.97 Å². The van der Waals surface area contributed by atoms with E-state index in [4.69, 9.17) is 14.2 Å². The number of hydrogen-bond donors (Lipinski definition) is 0. The summed E-state index contributed by atoms with van der Waals surface area (Å²) in [5, 5.41) is 0. The van der Waals surface area contributed by atoms with E-state index in [0.29, 0.717) is 19.0 Å². The number of rotatable bonds is 9. The standard InChI is InChI=1S/C18H20O4/c19-18(15-22-17-11-5-2-6-12-17)21-14-8-7-13-20-16-9-3-1-4-10-16/h1-6,9-12H,7-8,13-15H2. The van der Waals surface area contributed by atoms with Crippen molar-refractivity contribution in [3.05, 3.63) is 60.7 Å². The molecule has 0 aliphatic carbocycles. The van der Waals surface area contributed by atoms with Gasteiger partial charge in [-0.3, -0.25) is 0 Å². The van der Waals surface area contributed by atoms with Crippen LogP contribution in [0.15, 0.2) is 60.7 Å². The normalized spacial score (nSPS) is 10.0. The van der Waals surface area contributed by atoms with Gasteiger partial charge in [0.1, 0.15) is 11.5 Å². The molecule has 0 atom stereocenters. The molecule has 0 radical (unpaired) electrons. The van der Waals surface area contributed by atoms with Gasteiger partial charge in [0.25, 0.3) is 0 Å². The second-order valence-corrected chi connectivity index (χ2v) is 4.69. The van der Waals surface area contributed by atoms with Crippen LogP contribution in [0.25, 0.3) is 0 Å². The Kier molecular flexibility index (Phi) is 6.82. The summed E-state index contributed by atoms with van der Waals surface area (Å²) in [6.07, 6.45) is 1.60. The fourth-order valence-electron chi connectivity index (χ4n) is 1.80. The van der Waals surface area contributed by atoms with Crippen molar-refractivity contribution in [2.24, 2.45) is 0 Å². The lowest BCUT2D eigenvalue weighted by Crippen LogP contribution is -2.15. The highest BCUT2D eigenvalue weighted by Gasteiger charge is 2.03. The molecule has 0 aliphatic heterocycles. The summed E-state index contributed by atoms with van der Waals surface area (Å²) in [5.74, 6) is 1.17. The van der Waals surface area contributed by atoms with Crippen molar-refractivity contribution in [1.82, 2.24) is 0 Å². The minimum absolute atomic E-state index is 0.0650. The van der Waals surface area contributed by atoms with Crippen LogP contribution in [0.2, 0.25) is 0 Å². The zero-order valence-electron chi connectivity index (χ0n) is 12.4. The van der Waals surface area contributed by atoms with Gasteiger partial charge in [-0.2, -0.15) is 0 Å². The third kappa shape index (κ3) is 6.31. The van der Waals surface area contributed by atoms with Gasteiger partial charge in [0, 0.05) is 0 Å². The summed E-state index contributed by atoms with van der Waals surface area (Å²) in [5.41, 5.74) is 0. The average molecular weight is 300 g/mol. The van der Waals surface area contributed by atoms with Crippen LogP contribution in [0.3, 0.4) is 0 Å². The maximum Gasteiger partial charge on any atom is 0.344 e. The van der Waals surface area contributed by atoms with Crippen molar-refractivity contribution in [3.8, 4) is 11.5 Å². The number of carbonyl (C=O) groups is 1. The molecule has 0 unspecified atom stereocenters. The molecule has 0 spiro atoms. The Bertz CT molecular complexity index is 540. The lowest BCUT2D eigenvalue weighted by Gasteiger charge is -2.08. The van der Waals surface area contributed by atoms with Gasteiger partial charge in [0.2, 0.25) is 0 Å². The van der Waals surface area contributed by atoms with Crippen molar-refractivity contribution < 1.29 is 19.0 Å². The SMILES string of the molecule is O=C(COc1ccccc1)OCCCCOc1ccccc1. The van der Waals surface area contributed by atoms with Crippen LogP contribution in [-0.4, -0.2) is 25.8 Å². The Morgan fingerprint density at radius 1 is 0.727 bits per heavy atom. The molecular weight excluding hydrogens is 280 g/mol. The van der Waals surface area contributed by atoms with Gasteiger partial charge in [-0.05, 0) is 37.1 Å². The molecule has 4 nitrogen and oxygen atoms in total. The molecule has 0 saturated carbocycles. The lowest BCUT2D eigenvalue weighted by molar-refractivity contribution is -0.146. The maximum absolute atomic E-state index is 11.5. The molecule has 0 fully saturated rings. The van der Waals surface area contributed by atoms with Gasteiger partial charge in [0.05, 0.1) is 13.2 Å². The summed E-state index contributed by atoms with van der Waals surface area (Å²) >= 11 is 0. The molecule has 0 aliphatic rings. The molecule has 0 bridgehead atoms. The summed E-state index contributed by atoms with van der Waals surface area (Å²) < 4.78 is 16.0. The first-order valence-electron chi connectivity index (χ1n) is 7.36. The van der Waals surface area contributed by atoms with Crippen LogP contribution in [0.5, 0.6) is 11.5 Å². The molecule has 2 rings (SSSR count). The first-order valence-corrected chi connectivity index (χ1v) is 7.36. The smallest absolute Gasteiger partial charge is 0.344 e. The van der Waals surface area contributed by atoms with Gasteiger partial charge in [-0.1, -0.05) is 36.4 Å². The van der Waals surface area contributed by atoms with Gasteiger partial charge >= 0.3 is 5.97 Å². The highest BCUT2D eigenvalue weighted by molar-refractivity contribution is 5.71. The van der Waals surface area contributed by atoms with Crippen LogP contribution in [-0.2, 0) is 9.53 Å². The predicted octanol–water partition coefficient (Wildman–Crippen LogP) is 3.47. The van der Waals surface area contributed by atoms with Crippen LogP contribution >= 0.6 is 0 Å². The fraction of sp³-hybridized carbons (Fsp3) is 0.278. The Labute approximate surface area is 130 Å². The van der Waals surface area contributed by atoms with Crippen molar-refractivity contribution in [3.63, 3.8) is 0 Å². The van der Waals surface area contributed by atoms with Crippen LogP contribution in [0.1, 0.15) is 12.8 Å². The minimum Gasteiger partial charge on any atom is -0.494 e. The summed E-state index contributed by atoms with van der Waals surface area (Å²) in [7, 11) is 0. The van der Waals surface area contributed by atoms with E-state index < -0.39 is 0 Å². The van der Waals surface area contributed by atoms with Crippen LogP contribution < -0.4 is 9.47 Å². The second kappa shape index (κ2) is 9.45. The molecule has 116 valence electrons. The van der Waals surface area contributed by atoms with Crippen LogP contribution in [0.4, 0.5) is 0 Å². The average Bonchev–Trinajstić information content (AvgIpc) is 2.58. The van der Waals surface area contributed by atoms with Gasteiger partial charge in [-0.25, -0.2) is 4.79 Å². The highest BCUT2D eigenvalue weighted by Crippen LogP contribution is 2.09. The van der Waals surface area contributed by atoms with Crippen molar-refractivity contribution in [1.29, 1.82) is 0 Å². The monoisotopic (exact) mass is 300 g/mol. The fourth-order valence-corrected chi connectivity index (χ4v) is 1.80. The Hall–Kier alpha value is -2.49. The lowest BCUT2D eigenvalue weighted by atomic mass is 10.3. The van der Waals surface area contributed by atoms with Gasteiger partial charge < -0.3 is 14.2 Å². The van der Waals surface area contributed by atoms with Gasteiger partial charge in [-0.15, -0.1) is 0 Å². The third-order valence-corrected chi connectivity index (χ3v) is 2.91. The molecule has 0 aromatic heterocycles. The largest absolute Gasteiger partial charge is 0.494 e. The molecule has 22 heavy (non-hydrogen) atoms.